The van der Waals surface area contributed by atoms with Crippen molar-refractivity contribution in [3.63, 3.8) is 0 Å². The van der Waals surface area contributed by atoms with Crippen molar-refractivity contribution in [3.05, 3.63) is 35.1 Å². The lowest BCUT2D eigenvalue weighted by Crippen LogP contribution is -2.21. The summed E-state index contributed by atoms with van der Waals surface area (Å²) in [5.41, 5.74) is 1.68. The Bertz CT molecular complexity index is 331. The fourth-order valence-corrected chi connectivity index (χ4v) is 1.71. The van der Waals surface area contributed by atoms with Crippen LogP contribution in [-0.4, -0.2) is 12.7 Å². The van der Waals surface area contributed by atoms with Gasteiger partial charge >= 0.3 is 0 Å². The van der Waals surface area contributed by atoms with E-state index in [0.29, 0.717) is 11.7 Å². The Morgan fingerprint density at radius 2 is 1.88 bits per heavy atom. The van der Waals surface area contributed by atoms with Gasteiger partial charge in [-0.05, 0) is 56.7 Å². The summed E-state index contributed by atoms with van der Waals surface area (Å²) in [5, 5.41) is 0. The molecular weight excluding hydrogens is 215 g/mol. The van der Waals surface area contributed by atoms with Gasteiger partial charge in [-0.25, -0.2) is 4.39 Å². The molecule has 0 bridgehead atoms. The maximum atomic E-state index is 12.6. The van der Waals surface area contributed by atoms with Crippen molar-refractivity contribution in [2.75, 3.05) is 6.61 Å². The third-order valence-corrected chi connectivity index (χ3v) is 3.06. The predicted octanol–water partition coefficient (Wildman–Crippen LogP) is 4.26. The summed E-state index contributed by atoms with van der Waals surface area (Å²) in [7, 11) is 0. The first kappa shape index (κ1) is 14.2. The minimum absolute atomic E-state index is 0.116. The van der Waals surface area contributed by atoms with Gasteiger partial charge in [0.15, 0.2) is 0 Å². The van der Waals surface area contributed by atoms with Gasteiger partial charge in [0.05, 0.1) is 6.10 Å². The van der Waals surface area contributed by atoms with E-state index < -0.39 is 0 Å². The maximum Gasteiger partial charge on any atom is 0.126 e. The highest BCUT2D eigenvalue weighted by molar-refractivity contribution is 5.21. The van der Waals surface area contributed by atoms with Crippen LogP contribution in [0.1, 0.15) is 37.8 Å². The Balaban J connectivity index is 0.000000171. The first-order valence-electron chi connectivity index (χ1n) is 6.33. The fraction of sp³-hybridized carbons (Fsp3) is 0.600. The van der Waals surface area contributed by atoms with Gasteiger partial charge in [0.25, 0.3) is 0 Å². The lowest BCUT2D eigenvalue weighted by molar-refractivity contribution is 0.000267. The normalized spacial score (nSPS) is 23.8. The highest BCUT2D eigenvalue weighted by Crippen LogP contribution is 2.16. The van der Waals surface area contributed by atoms with Gasteiger partial charge in [0, 0.05) is 6.61 Å². The zero-order valence-electron chi connectivity index (χ0n) is 11.3. The van der Waals surface area contributed by atoms with E-state index in [1.807, 2.05) is 13.0 Å². The molecule has 1 aliphatic rings. The summed E-state index contributed by atoms with van der Waals surface area (Å²) in [6.07, 6.45) is 3.12. The van der Waals surface area contributed by atoms with E-state index in [1.165, 1.54) is 18.9 Å². The monoisotopic (exact) mass is 238 g/mol. The molecule has 1 fully saturated rings. The highest BCUT2D eigenvalue weighted by atomic mass is 19.1. The second kappa shape index (κ2) is 6.75. The van der Waals surface area contributed by atoms with Crippen molar-refractivity contribution in [3.8, 4) is 0 Å². The summed E-state index contributed by atoms with van der Waals surface area (Å²) in [5.74, 6) is 0.682. The molecule has 1 nitrogen and oxygen atoms in total. The van der Waals surface area contributed by atoms with Crippen molar-refractivity contribution in [1.82, 2.24) is 0 Å². The number of hydrogen-bond acceptors (Lipinski definition) is 1. The second-order valence-corrected chi connectivity index (χ2v) is 5.08. The molecule has 0 aromatic heterocycles. The van der Waals surface area contributed by atoms with Crippen LogP contribution in [0, 0.1) is 25.6 Å². The van der Waals surface area contributed by atoms with Crippen molar-refractivity contribution in [2.24, 2.45) is 5.92 Å². The second-order valence-electron chi connectivity index (χ2n) is 5.08. The summed E-state index contributed by atoms with van der Waals surface area (Å²) >= 11 is 0. The van der Waals surface area contributed by atoms with Crippen LogP contribution < -0.4 is 0 Å². The SMILES string of the molecule is CC1CCC(C)OC1.Cc1ccc(C)c(F)c1. The molecule has 0 aliphatic carbocycles. The lowest BCUT2D eigenvalue weighted by atomic mass is 10.0. The van der Waals surface area contributed by atoms with Gasteiger partial charge in [-0.2, -0.15) is 0 Å². The van der Waals surface area contributed by atoms with Gasteiger partial charge in [0.2, 0.25) is 0 Å². The van der Waals surface area contributed by atoms with Gasteiger partial charge in [-0.3, -0.25) is 0 Å². The Morgan fingerprint density at radius 1 is 1.18 bits per heavy atom. The number of hydrogen-bond donors (Lipinski definition) is 0. The number of benzene rings is 1. The molecule has 96 valence electrons. The van der Waals surface area contributed by atoms with E-state index >= 15 is 0 Å². The van der Waals surface area contributed by atoms with Crippen LogP contribution in [0.4, 0.5) is 4.39 Å². The Kier molecular flexibility index (Phi) is 5.63. The van der Waals surface area contributed by atoms with Crippen LogP contribution in [0.25, 0.3) is 0 Å². The molecular formula is C15H23FO. The molecule has 1 aromatic rings. The molecule has 2 rings (SSSR count). The molecule has 0 N–H and O–H groups in total. The topological polar surface area (TPSA) is 9.23 Å². The number of rotatable bonds is 0. The molecule has 0 amide bonds. The average molecular weight is 238 g/mol. The molecule has 17 heavy (non-hydrogen) atoms. The van der Waals surface area contributed by atoms with Crippen molar-refractivity contribution in [2.45, 2.75) is 46.6 Å². The molecule has 1 heterocycles. The van der Waals surface area contributed by atoms with E-state index in [0.717, 1.165) is 18.1 Å². The zero-order valence-corrected chi connectivity index (χ0v) is 11.3. The van der Waals surface area contributed by atoms with Gasteiger partial charge < -0.3 is 4.74 Å². The van der Waals surface area contributed by atoms with Crippen molar-refractivity contribution in [1.29, 1.82) is 0 Å². The first-order valence-corrected chi connectivity index (χ1v) is 6.33. The number of aryl methyl sites for hydroxylation is 2. The van der Waals surface area contributed by atoms with Gasteiger partial charge in [-0.1, -0.05) is 19.1 Å². The third-order valence-electron chi connectivity index (χ3n) is 3.06. The van der Waals surface area contributed by atoms with Crippen LogP contribution in [0.5, 0.6) is 0 Å². The Hall–Kier alpha value is -0.890. The van der Waals surface area contributed by atoms with Crippen LogP contribution >= 0.6 is 0 Å². The maximum absolute atomic E-state index is 12.6. The molecule has 2 heteroatoms. The van der Waals surface area contributed by atoms with Crippen LogP contribution in [0.3, 0.4) is 0 Å². The van der Waals surface area contributed by atoms with E-state index in [4.69, 9.17) is 4.74 Å². The van der Waals surface area contributed by atoms with Crippen molar-refractivity contribution < 1.29 is 9.13 Å². The highest BCUT2D eigenvalue weighted by Gasteiger charge is 2.13. The zero-order chi connectivity index (χ0) is 12.8. The fourth-order valence-electron chi connectivity index (χ4n) is 1.71. The number of halogens is 1. The molecule has 2 unspecified atom stereocenters. The minimum atomic E-state index is -0.116. The third kappa shape index (κ3) is 5.31. The van der Waals surface area contributed by atoms with E-state index in [2.05, 4.69) is 13.8 Å². The summed E-state index contributed by atoms with van der Waals surface area (Å²) in [4.78, 5) is 0. The smallest absolute Gasteiger partial charge is 0.126 e. The van der Waals surface area contributed by atoms with Crippen LogP contribution in [0.15, 0.2) is 18.2 Å². The quantitative estimate of drug-likeness (QED) is 0.656. The van der Waals surface area contributed by atoms with E-state index in [9.17, 15) is 4.39 Å². The average Bonchev–Trinajstić information content (AvgIpc) is 2.29. The molecule has 0 radical (unpaired) electrons. The predicted molar refractivity (Wildman–Crippen MR) is 69.7 cm³/mol. The minimum Gasteiger partial charge on any atom is -0.378 e. The van der Waals surface area contributed by atoms with E-state index in [1.54, 1.807) is 13.0 Å². The molecule has 1 aromatic carbocycles. The summed E-state index contributed by atoms with van der Waals surface area (Å²) in [6, 6.07) is 5.22. The summed E-state index contributed by atoms with van der Waals surface area (Å²) in [6.45, 7) is 9.00. The lowest BCUT2D eigenvalue weighted by Gasteiger charge is -2.23. The van der Waals surface area contributed by atoms with Gasteiger partial charge in [0.1, 0.15) is 5.82 Å². The molecule has 1 saturated heterocycles. The molecule has 0 saturated carbocycles. The summed E-state index contributed by atoms with van der Waals surface area (Å²) < 4.78 is 18.0. The van der Waals surface area contributed by atoms with Crippen molar-refractivity contribution >= 4 is 0 Å². The Labute approximate surface area is 104 Å². The van der Waals surface area contributed by atoms with E-state index in [-0.39, 0.29) is 5.82 Å². The molecule has 0 spiro atoms. The number of ether oxygens (including phenoxy) is 1. The van der Waals surface area contributed by atoms with Gasteiger partial charge in [-0.15, -0.1) is 0 Å². The molecule has 2 atom stereocenters. The largest absolute Gasteiger partial charge is 0.378 e. The standard InChI is InChI=1S/C8H9F.C7H14O/c1-6-3-4-7(2)8(9)5-6;1-6-3-4-7(2)8-5-6/h3-5H,1-2H3;6-7H,3-5H2,1-2H3. The first-order chi connectivity index (χ1) is 7.99. The molecule has 1 aliphatic heterocycles. The Morgan fingerprint density at radius 3 is 2.29 bits per heavy atom. The van der Waals surface area contributed by atoms with Crippen LogP contribution in [0.2, 0.25) is 0 Å². The van der Waals surface area contributed by atoms with Crippen LogP contribution in [-0.2, 0) is 4.74 Å².